The van der Waals surface area contributed by atoms with Gasteiger partial charge in [-0.3, -0.25) is 24.1 Å². The highest BCUT2D eigenvalue weighted by Gasteiger charge is 2.74. The smallest absolute Gasteiger partial charge is 0.291 e. The average Bonchev–Trinajstić information content (AvgIpc) is 3.31. The minimum absolute atomic E-state index is 0.0621. The van der Waals surface area contributed by atoms with Crippen LogP contribution in [0.5, 0.6) is 0 Å². The number of fused-ring (bicyclic) bond motifs is 4. The van der Waals surface area contributed by atoms with Crippen LogP contribution in [-0.4, -0.2) is 34.6 Å². The lowest BCUT2D eigenvalue weighted by molar-refractivity contribution is -0.732. The van der Waals surface area contributed by atoms with E-state index in [0.717, 1.165) is 10.5 Å². The summed E-state index contributed by atoms with van der Waals surface area (Å²) in [6.45, 7) is 1.73. The zero-order valence-electron chi connectivity index (χ0n) is 17.6. The maximum atomic E-state index is 13.7. The summed E-state index contributed by atoms with van der Waals surface area (Å²) >= 11 is 6.30. The van der Waals surface area contributed by atoms with Crippen molar-refractivity contribution in [1.82, 2.24) is 4.90 Å². The number of benzene rings is 2. The van der Waals surface area contributed by atoms with Gasteiger partial charge in [-0.15, -0.1) is 0 Å². The molecule has 3 heterocycles. The van der Waals surface area contributed by atoms with Crippen LogP contribution in [0.3, 0.4) is 0 Å². The summed E-state index contributed by atoms with van der Waals surface area (Å²) in [5.41, 5.74) is 6.37. The van der Waals surface area contributed by atoms with Gasteiger partial charge in [0.15, 0.2) is 0 Å². The molecule has 8 nitrogen and oxygen atoms in total. The van der Waals surface area contributed by atoms with Gasteiger partial charge in [0.2, 0.25) is 23.3 Å². The molecule has 0 unspecified atom stereocenters. The fraction of sp³-hybridized carbons (Fsp3) is 0.304. The Morgan fingerprint density at radius 1 is 1.21 bits per heavy atom. The van der Waals surface area contributed by atoms with E-state index in [1.165, 1.54) is 24.3 Å². The monoisotopic (exact) mass is 471 g/mol. The Balaban J connectivity index is 1.62. The van der Waals surface area contributed by atoms with Crippen LogP contribution in [0.2, 0.25) is 5.02 Å². The molecule has 3 aliphatic rings. The second-order valence-corrected chi connectivity index (χ2v) is 9.30. The molecule has 33 heavy (non-hydrogen) atoms. The molecule has 5 rings (SSSR count). The van der Waals surface area contributed by atoms with Gasteiger partial charge in [0, 0.05) is 10.6 Å². The topological polar surface area (TPSA) is 126 Å². The normalized spacial score (nSPS) is 27.8. The van der Waals surface area contributed by atoms with Gasteiger partial charge in [0.25, 0.3) is 5.91 Å². The number of nitrogens with two attached hydrogens (primary N) is 2. The first kappa shape index (κ1) is 21.5. The highest BCUT2D eigenvalue weighted by Crippen LogP contribution is 2.51. The molecule has 5 N–H and O–H groups in total. The van der Waals surface area contributed by atoms with E-state index in [-0.39, 0.29) is 13.0 Å². The van der Waals surface area contributed by atoms with Gasteiger partial charge in [-0.05, 0) is 42.3 Å². The van der Waals surface area contributed by atoms with Crippen molar-refractivity contribution in [2.75, 3.05) is 5.32 Å². The minimum Gasteiger partial charge on any atom is -0.369 e. The molecule has 2 fully saturated rings. The standard InChI is InChI=1S/C23H20ClFN4O4/c1-10-6-12(24)7-14-19(10)27-22(33)23(14)18-17(15(28-23)8-16(26)30)20(31)29(21(18)32)9-11-2-4-13(25)5-3-11/h2-7,15,17-18,28H,8-9H2,1H3,(H2,26,30)(H,27,33)/p+1/t15-,17-,18+,23+/m1/s1. The molecule has 0 radical (unpaired) electrons. The molecular formula is C23H21ClFN4O4+. The second-order valence-electron chi connectivity index (χ2n) is 8.86. The number of rotatable bonds is 4. The summed E-state index contributed by atoms with van der Waals surface area (Å²) in [5, 5.41) is 4.88. The molecule has 10 heteroatoms. The van der Waals surface area contributed by atoms with E-state index >= 15 is 0 Å². The van der Waals surface area contributed by atoms with Crippen molar-refractivity contribution >= 4 is 40.9 Å². The zero-order chi connectivity index (χ0) is 23.7. The van der Waals surface area contributed by atoms with E-state index < -0.39 is 52.9 Å². The number of carbonyl (C=O) groups is 4. The highest BCUT2D eigenvalue weighted by molar-refractivity contribution is 6.31. The van der Waals surface area contributed by atoms with E-state index in [1.54, 1.807) is 24.4 Å². The third-order valence-corrected chi connectivity index (χ3v) is 7.14. The van der Waals surface area contributed by atoms with Gasteiger partial charge in [0.05, 0.1) is 18.7 Å². The SMILES string of the molecule is Cc1cc(Cl)cc2c1NC(=O)[C@]21[NH2+][C@H](CC(N)=O)[C@H]2C(=O)N(Cc3ccc(F)cc3)C(=O)[C@H]21. The molecule has 0 saturated carbocycles. The van der Waals surface area contributed by atoms with Gasteiger partial charge in [-0.25, -0.2) is 4.39 Å². The number of nitrogens with zero attached hydrogens (tertiary/aromatic N) is 1. The summed E-state index contributed by atoms with van der Waals surface area (Å²) in [7, 11) is 0. The first-order valence-corrected chi connectivity index (χ1v) is 10.9. The summed E-state index contributed by atoms with van der Waals surface area (Å²) in [6.07, 6.45) is -0.172. The van der Waals surface area contributed by atoms with Crippen molar-refractivity contribution in [2.24, 2.45) is 17.6 Å². The maximum absolute atomic E-state index is 13.7. The van der Waals surface area contributed by atoms with Crippen LogP contribution in [0.25, 0.3) is 0 Å². The average molecular weight is 472 g/mol. The van der Waals surface area contributed by atoms with Crippen LogP contribution in [0.15, 0.2) is 36.4 Å². The molecule has 4 atom stereocenters. The number of hydrogen-bond donors (Lipinski definition) is 3. The molecular weight excluding hydrogens is 451 g/mol. The molecule has 2 saturated heterocycles. The maximum Gasteiger partial charge on any atom is 0.291 e. The largest absolute Gasteiger partial charge is 0.369 e. The second kappa shape index (κ2) is 7.36. The summed E-state index contributed by atoms with van der Waals surface area (Å²) < 4.78 is 13.3. The summed E-state index contributed by atoms with van der Waals surface area (Å²) in [5.74, 6) is -4.45. The fourth-order valence-electron chi connectivity index (χ4n) is 5.60. The number of imide groups is 1. The van der Waals surface area contributed by atoms with Crippen LogP contribution < -0.4 is 16.4 Å². The van der Waals surface area contributed by atoms with Crippen molar-refractivity contribution < 1.29 is 28.9 Å². The lowest BCUT2D eigenvalue weighted by Crippen LogP contribution is -2.99. The fourth-order valence-corrected chi connectivity index (χ4v) is 5.87. The van der Waals surface area contributed by atoms with Crippen LogP contribution >= 0.6 is 11.6 Å². The van der Waals surface area contributed by atoms with Crippen molar-refractivity contribution in [3.05, 3.63) is 63.9 Å². The Kier molecular flexibility index (Phi) is 4.80. The molecule has 0 bridgehead atoms. The summed E-state index contributed by atoms with van der Waals surface area (Å²) in [4.78, 5) is 53.4. The van der Waals surface area contributed by atoms with Gasteiger partial charge in [0.1, 0.15) is 23.7 Å². The molecule has 1 spiro atoms. The van der Waals surface area contributed by atoms with Crippen molar-refractivity contribution in [3.63, 3.8) is 0 Å². The van der Waals surface area contributed by atoms with E-state index in [4.69, 9.17) is 17.3 Å². The van der Waals surface area contributed by atoms with Crippen molar-refractivity contribution in [2.45, 2.75) is 31.5 Å². The van der Waals surface area contributed by atoms with Crippen LogP contribution in [-0.2, 0) is 31.3 Å². The van der Waals surface area contributed by atoms with E-state index in [9.17, 15) is 23.6 Å². The molecule has 2 aromatic rings. The highest BCUT2D eigenvalue weighted by atomic mass is 35.5. The quantitative estimate of drug-likeness (QED) is 0.563. The van der Waals surface area contributed by atoms with Gasteiger partial charge in [-0.2, -0.15) is 0 Å². The summed E-state index contributed by atoms with van der Waals surface area (Å²) in [6, 6.07) is 8.12. The first-order chi connectivity index (χ1) is 15.6. The number of amides is 4. The van der Waals surface area contributed by atoms with Gasteiger partial charge < -0.3 is 16.4 Å². The number of likely N-dealkylation sites (tertiary alicyclic amines) is 1. The third-order valence-electron chi connectivity index (χ3n) is 6.92. The van der Waals surface area contributed by atoms with Crippen LogP contribution in [0.1, 0.15) is 23.1 Å². The van der Waals surface area contributed by atoms with Crippen molar-refractivity contribution in [1.29, 1.82) is 0 Å². The Bertz CT molecular complexity index is 1230. The Hall–Kier alpha value is -3.30. The van der Waals surface area contributed by atoms with Crippen LogP contribution in [0, 0.1) is 24.6 Å². The van der Waals surface area contributed by atoms with Crippen LogP contribution in [0.4, 0.5) is 10.1 Å². The van der Waals surface area contributed by atoms with E-state index in [2.05, 4.69) is 5.32 Å². The molecule has 0 aliphatic carbocycles. The molecule has 4 amide bonds. The number of nitrogens with one attached hydrogen (secondary N) is 1. The molecule has 2 aromatic carbocycles. The molecule has 3 aliphatic heterocycles. The number of hydrogen-bond acceptors (Lipinski definition) is 4. The molecule has 0 aromatic heterocycles. The Labute approximate surface area is 193 Å². The predicted octanol–water partition coefficient (Wildman–Crippen LogP) is 0.557. The Morgan fingerprint density at radius 3 is 2.58 bits per heavy atom. The third kappa shape index (κ3) is 3.07. The number of carbonyl (C=O) groups excluding carboxylic acids is 4. The predicted molar refractivity (Wildman–Crippen MR) is 115 cm³/mol. The Morgan fingerprint density at radius 2 is 1.91 bits per heavy atom. The number of aryl methyl sites for hydroxylation is 1. The van der Waals surface area contributed by atoms with Gasteiger partial charge >= 0.3 is 0 Å². The van der Waals surface area contributed by atoms with Crippen molar-refractivity contribution in [3.8, 4) is 0 Å². The van der Waals surface area contributed by atoms with E-state index in [1.807, 2.05) is 0 Å². The zero-order valence-corrected chi connectivity index (χ0v) is 18.4. The number of anilines is 1. The lowest BCUT2D eigenvalue weighted by atomic mass is 9.76. The first-order valence-electron chi connectivity index (χ1n) is 10.5. The van der Waals surface area contributed by atoms with Gasteiger partial charge in [-0.1, -0.05) is 23.7 Å². The number of primary amides is 1. The molecule has 170 valence electrons. The minimum atomic E-state index is -1.44. The number of halogens is 2. The lowest BCUT2D eigenvalue weighted by Gasteiger charge is -2.26. The van der Waals surface area contributed by atoms with E-state index in [0.29, 0.717) is 21.8 Å². The number of quaternary nitrogens is 1.